The zero-order valence-electron chi connectivity index (χ0n) is 9.59. The van der Waals surface area contributed by atoms with Crippen molar-refractivity contribution in [1.82, 2.24) is 0 Å². The minimum absolute atomic E-state index is 0.127. The molecule has 0 aliphatic heterocycles. The van der Waals surface area contributed by atoms with Crippen molar-refractivity contribution in [3.8, 4) is 0 Å². The van der Waals surface area contributed by atoms with Gasteiger partial charge in [-0.2, -0.15) is 0 Å². The molecule has 0 spiro atoms. The SMILES string of the molecule is O=C(Cc1cccc(F)c1Cl)c1cccc(Cl)c1F. The summed E-state index contributed by atoms with van der Waals surface area (Å²) in [5, 5.41) is -0.255. The summed E-state index contributed by atoms with van der Waals surface area (Å²) >= 11 is 11.4. The van der Waals surface area contributed by atoms with E-state index < -0.39 is 17.4 Å². The monoisotopic (exact) mass is 300 g/mol. The molecule has 0 N–H and O–H groups in total. The van der Waals surface area contributed by atoms with Gasteiger partial charge in [0.15, 0.2) is 11.6 Å². The molecule has 0 aliphatic rings. The minimum Gasteiger partial charge on any atom is -0.294 e. The highest BCUT2D eigenvalue weighted by atomic mass is 35.5. The Labute approximate surface area is 118 Å². The summed E-state index contributed by atoms with van der Waals surface area (Å²) in [6.45, 7) is 0. The third-order valence-electron chi connectivity index (χ3n) is 2.63. The lowest BCUT2D eigenvalue weighted by Gasteiger charge is -2.06. The third kappa shape index (κ3) is 2.94. The third-order valence-corrected chi connectivity index (χ3v) is 3.35. The highest BCUT2D eigenvalue weighted by Gasteiger charge is 2.16. The maximum atomic E-state index is 13.7. The van der Waals surface area contributed by atoms with Gasteiger partial charge >= 0.3 is 0 Å². The number of carbonyl (C=O) groups excluding carboxylic acids is 1. The molecular formula is C14H8Cl2F2O. The molecule has 2 aromatic rings. The quantitative estimate of drug-likeness (QED) is 0.751. The van der Waals surface area contributed by atoms with Crippen molar-refractivity contribution in [1.29, 1.82) is 0 Å². The van der Waals surface area contributed by atoms with Gasteiger partial charge in [0.2, 0.25) is 0 Å². The number of halogens is 4. The number of benzene rings is 2. The van der Waals surface area contributed by atoms with Crippen molar-refractivity contribution in [3.63, 3.8) is 0 Å². The lowest BCUT2D eigenvalue weighted by molar-refractivity contribution is 0.0989. The van der Waals surface area contributed by atoms with E-state index in [2.05, 4.69) is 0 Å². The molecule has 0 heterocycles. The molecule has 0 saturated heterocycles. The lowest BCUT2D eigenvalue weighted by atomic mass is 10.0. The first-order valence-electron chi connectivity index (χ1n) is 5.41. The van der Waals surface area contributed by atoms with Crippen molar-refractivity contribution in [2.45, 2.75) is 6.42 Å². The molecule has 0 saturated carbocycles. The molecule has 0 atom stereocenters. The van der Waals surface area contributed by atoms with E-state index in [1.54, 1.807) is 0 Å². The maximum Gasteiger partial charge on any atom is 0.170 e. The molecule has 0 aromatic heterocycles. The molecule has 0 fully saturated rings. The maximum absolute atomic E-state index is 13.7. The average molecular weight is 301 g/mol. The summed E-state index contributed by atoms with van der Waals surface area (Å²) in [5.41, 5.74) is 0.180. The van der Waals surface area contributed by atoms with Crippen molar-refractivity contribution in [2.75, 3.05) is 0 Å². The van der Waals surface area contributed by atoms with Gasteiger partial charge in [-0.25, -0.2) is 8.78 Å². The summed E-state index contributed by atoms with van der Waals surface area (Å²) in [6.07, 6.45) is -0.187. The Morgan fingerprint density at radius 2 is 1.74 bits per heavy atom. The molecule has 0 aliphatic carbocycles. The zero-order valence-corrected chi connectivity index (χ0v) is 11.1. The van der Waals surface area contributed by atoms with Crippen LogP contribution in [-0.2, 0) is 6.42 Å². The van der Waals surface area contributed by atoms with Crippen molar-refractivity contribution < 1.29 is 13.6 Å². The molecular weight excluding hydrogens is 293 g/mol. The number of hydrogen-bond donors (Lipinski definition) is 0. The van der Waals surface area contributed by atoms with Gasteiger partial charge in [-0.15, -0.1) is 0 Å². The Morgan fingerprint density at radius 3 is 2.47 bits per heavy atom. The summed E-state index contributed by atoms with van der Waals surface area (Å²) in [6, 6.07) is 8.31. The summed E-state index contributed by atoms with van der Waals surface area (Å²) < 4.78 is 26.9. The van der Waals surface area contributed by atoms with Gasteiger partial charge < -0.3 is 0 Å². The molecule has 0 amide bonds. The second kappa shape index (κ2) is 5.68. The minimum atomic E-state index is -0.776. The Balaban J connectivity index is 2.31. The van der Waals surface area contributed by atoms with Crippen molar-refractivity contribution in [2.24, 2.45) is 0 Å². The average Bonchev–Trinajstić information content (AvgIpc) is 2.38. The summed E-state index contributed by atoms with van der Waals surface area (Å²) in [4.78, 5) is 12.0. The van der Waals surface area contributed by atoms with Crippen LogP contribution in [0.15, 0.2) is 36.4 Å². The van der Waals surface area contributed by atoms with E-state index in [4.69, 9.17) is 23.2 Å². The number of rotatable bonds is 3. The first kappa shape index (κ1) is 14.0. The van der Waals surface area contributed by atoms with Gasteiger partial charge in [0.25, 0.3) is 0 Å². The second-order valence-corrected chi connectivity index (χ2v) is 4.70. The predicted octanol–water partition coefficient (Wildman–Crippen LogP) is 4.70. The number of hydrogen-bond acceptors (Lipinski definition) is 1. The topological polar surface area (TPSA) is 17.1 Å². The van der Waals surface area contributed by atoms with E-state index in [-0.39, 0.29) is 22.0 Å². The van der Waals surface area contributed by atoms with Crippen LogP contribution in [0.25, 0.3) is 0 Å². The zero-order chi connectivity index (χ0) is 14.0. The van der Waals surface area contributed by atoms with Crippen LogP contribution in [0.3, 0.4) is 0 Å². The van der Waals surface area contributed by atoms with Gasteiger partial charge in [-0.1, -0.05) is 41.4 Å². The molecule has 98 valence electrons. The largest absolute Gasteiger partial charge is 0.294 e. The van der Waals surface area contributed by atoms with Crippen LogP contribution in [-0.4, -0.2) is 5.78 Å². The van der Waals surface area contributed by atoms with Crippen LogP contribution in [0.5, 0.6) is 0 Å². The van der Waals surface area contributed by atoms with E-state index in [1.165, 1.54) is 36.4 Å². The first-order chi connectivity index (χ1) is 9.00. The van der Waals surface area contributed by atoms with Gasteiger partial charge in [-0.05, 0) is 23.8 Å². The smallest absolute Gasteiger partial charge is 0.170 e. The Bertz CT molecular complexity index is 641. The van der Waals surface area contributed by atoms with E-state index in [9.17, 15) is 13.6 Å². The van der Waals surface area contributed by atoms with E-state index in [0.29, 0.717) is 5.56 Å². The normalized spacial score (nSPS) is 10.5. The Morgan fingerprint density at radius 1 is 1.05 bits per heavy atom. The molecule has 0 bridgehead atoms. The standard InChI is InChI=1S/C14H8Cl2F2O/c15-10-5-2-4-9(14(10)18)12(19)7-8-3-1-6-11(17)13(8)16/h1-6H,7H2. The first-order valence-corrected chi connectivity index (χ1v) is 6.16. The van der Waals surface area contributed by atoms with Crippen LogP contribution in [0.1, 0.15) is 15.9 Å². The van der Waals surface area contributed by atoms with Crippen LogP contribution >= 0.6 is 23.2 Å². The van der Waals surface area contributed by atoms with Crippen molar-refractivity contribution in [3.05, 3.63) is 69.2 Å². The highest BCUT2D eigenvalue weighted by molar-refractivity contribution is 6.32. The Kier molecular flexibility index (Phi) is 4.17. The summed E-state index contributed by atoms with van der Waals surface area (Å²) in [5.74, 6) is -1.90. The van der Waals surface area contributed by atoms with Crippen LogP contribution in [0, 0.1) is 11.6 Å². The number of carbonyl (C=O) groups is 1. The number of Topliss-reactive ketones (excluding diaryl/α,β-unsaturated/α-hetero) is 1. The molecule has 2 rings (SSSR count). The van der Waals surface area contributed by atoms with E-state index >= 15 is 0 Å². The molecule has 2 aromatic carbocycles. The molecule has 0 unspecified atom stereocenters. The van der Waals surface area contributed by atoms with Gasteiger partial charge in [0, 0.05) is 6.42 Å². The predicted molar refractivity (Wildman–Crippen MR) is 70.9 cm³/mol. The van der Waals surface area contributed by atoms with Gasteiger partial charge in [0.05, 0.1) is 15.6 Å². The summed E-state index contributed by atoms with van der Waals surface area (Å²) in [7, 11) is 0. The molecule has 1 nitrogen and oxygen atoms in total. The fraction of sp³-hybridized carbons (Fsp3) is 0.0714. The highest BCUT2D eigenvalue weighted by Crippen LogP contribution is 2.23. The number of ketones is 1. The fourth-order valence-electron chi connectivity index (χ4n) is 1.67. The molecule has 0 radical (unpaired) electrons. The van der Waals surface area contributed by atoms with Crippen molar-refractivity contribution >= 4 is 29.0 Å². The second-order valence-electron chi connectivity index (χ2n) is 3.91. The lowest BCUT2D eigenvalue weighted by Crippen LogP contribution is -2.07. The van der Waals surface area contributed by atoms with Crippen LogP contribution in [0.2, 0.25) is 10.0 Å². The van der Waals surface area contributed by atoms with Gasteiger partial charge in [-0.3, -0.25) is 4.79 Å². The van der Waals surface area contributed by atoms with E-state index in [0.717, 1.165) is 0 Å². The Hall–Kier alpha value is -1.45. The molecule has 19 heavy (non-hydrogen) atoms. The van der Waals surface area contributed by atoms with E-state index in [1.807, 2.05) is 0 Å². The van der Waals surface area contributed by atoms with Gasteiger partial charge in [0.1, 0.15) is 5.82 Å². The van der Waals surface area contributed by atoms with Crippen LogP contribution < -0.4 is 0 Å². The molecule has 5 heteroatoms. The van der Waals surface area contributed by atoms with Crippen LogP contribution in [0.4, 0.5) is 8.78 Å². The fourth-order valence-corrected chi connectivity index (χ4v) is 2.04.